The summed E-state index contributed by atoms with van der Waals surface area (Å²) < 4.78 is 0. The third-order valence-electron chi connectivity index (χ3n) is 2.65. The molecular weight excluding hydrogens is 228 g/mol. The van der Waals surface area contributed by atoms with E-state index in [4.69, 9.17) is 9.78 Å². The van der Waals surface area contributed by atoms with E-state index in [9.17, 15) is 4.79 Å². The van der Waals surface area contributed by atoms with Crippen LogP contribution in [0.4, 0.5) is 0 Å². The van der Waals surface area contributed by atoms with Gasteiger partial charge in [0.05, 0.1) is 5.56 Å². The average Bonchev–Trinajstić information content (AvgIpc) is 2.42. The Labute approximate surface area is 109 Å². The van der Waals surface area contributed by atoms with Crippen molar-refractivity contribution in [2.45, 2.75) is 46.0 Å². The summed E-state index contributed by atoms with van der Waals surface area (Å²) in [6.45, 7) is 4.01. The van der Waals surface area contributed by atoms with Gasteiger partial charge in [-0.15, -0.1) is 0 Å². The van der Waals surface area contributed by atoms with Crippen molar-refractivity contribution in [3.63, 3.8) is 0 Å². The average molecular weight is 249 g/mol. The molecule has 99 valence electrons. The zero-order chi connectivity index (χ0) is 13.2. The van der Waals surface area contributed by atoms with Crippen molar-refractivity contribution >= 4 is 5.97 Å². The van der Waals surface area contributed by atoms with Gasteiger partial charge in [-0.25, -0.2) is 4.79 Å². The summed E-state index contributed by atoms with van der Waals surface area (Å²) in [6.07, 6.45) is 6.28. The number of hydrogen-bond acceptors (Lipinski definition) is 3. The third-order valence-corrected chi connectivity index (χ3v) is 2.65. The highest BCUT2D eigenvalue weighted by Crippen LogP contribution is 2.14. The van der Waals surface area contributed by atoms with Gasteiger partial charge in [-0.2, -0.15) is 4.89 Å². The van der Waals surface area contributed by atoms with E-state index in [1.807, 2.05) is 13.0 Å². The Bertz CT molecular complexity index is 335. The number of rotatable bonds is 8. The molecule has 0 spiro atoms. The summed E-state index contributed by atoms with van der Waals surface area (Å²) in [5.41, 5.74) is 0.497. The van der Waals surface area contributed by atoms with E-state index >= 15 is 0 Å². The lowest BCUT2D eigenvalue weighted by atomic mass is 10.1. The molecule has 1 aromatic rings. The Hall–Kier alpha value is -1.35. The van der Waals surface area contributed by atoms with Crippen LogP contribution in [0, 0.1) is 6.10 Å². The Kier molecular flexibility index (Phi) is 7.11. The zero-order valence-corrected chi connectivity index (χ0v) is 11.1. The molecule has 0 atom stereocenters. The lowest BCUT2D eigenvalue weighted by Gasteiger charge is -2.09. The Morgan fingerprint density at radius 3 is 2.44 bits per heavy atom. The SMILES string of the molecule is CCCCCC[C](C)OOC(=O)c1ccccc1. The van der Waals surface area contributed by atoms with Gasteiger partial charge in [0.15, 0.2) is 0 Å². The van der Waals surface area contributed by atoms with E-state index in [1.165, 1.54) is 19.3 Å². The van der Waals surface area contributed by atoms with Crippen LogP contribution in [0.5, 0.6) is 0 Å². The second-order valence-electron chi connectivity index (χ2n) is 4.33. The molecule has 0 heterocycles. The van der Waals surface area contributed by atoms with Gasteiger partial charge in [-0.3, -0.25) is 4.89 Å². The van der Waals surface area contributed by atoms with E-state index in [-0.39, 0.29) is 0 Å². The topological polar surface area (TPSA) is 35.5 Å². The first kappa shape index (κ1) is 14.7. The Balaban J connectivity index is 2.18. The van der Waals surface area contributed by atoms with Gasteiger partial charge in [0.2, 0.25) is 0 Å². The molecule has 0 fully saturated rings. The van der Waals surface area contributed by atoms with E-state index in [0.717, 1.165) is 18.9 Å². The van der Waals surface area contributed by atoms with Gasteiger partial charge in [0, 0.05) is 0 Å². The molecule has 0 saturated heterocycles. The summed E-state index contributed by atoms with van der Waals surface area (Å²) in [7, 11) is 0. The second kappa shape index (κ2) is 8.70. The third kappa shape index (κ3) is 5.82. The maximum atomic E-state index is 11.6. The molecule has 0 saturated carbocycles. The van der Waals surface area contributed by atoms with E-state index < -0.39 is 5.97 Å². The van der Waals surface area contributed by atoms with Crippen molar-refractivity contribution in [2.75, 3.05) is 0 Å². The molecule has 3 heteroatoms. The minimum atomic E-state index is -0.455. The maximum Gasteiger partial charge on any atom is 0.373 e. The molecule has 1 aromatic carbocycles. The normalized spacial score (nSPS) is 10.6. The standard InChI is InChI=1S/C15H21O3/c1-3-4-5-7-10-13(2)17-18-15(16)14-11-8-6-9-12-14/h6,8-9,11-12H,3-5,7,10H2,1-2H3. The number of carbonyl (C=O) groups is 1. The predicted octanol–water partition coefficient (Wildman–Crippen LogP) is 4.30. The van der Waals surface area contributed by atoms with Crippen LogP contribution in [0.2, 0.25) is 0 Å². The molecule has 18 heavy (non-hydrogen) atoms. The van der Waals surface area contributed by atoms with Crippen molar-refractivity contribution in [1.82, 2.24) is 0 Å². The molecule has 0 aliphatic carbocycles. The van der Waals surface area contributed by atoms with Crippen LogP contribution in [0.1, 0.15) is 56.3 Å². The molecule has 3 nitrogen and oxygen atoms in total. The minimum Gasteiger partial charge on any atom is -0.292 e. The van der Waals surface area contributed by atoms with Crippen molar-refractivity contribution in [3.8, 4) is 0 Å². The first-order valence-electron chi connectivity index (χ1n) is 6.50. The predicted molar refractivity (Wildman–Crippen MR) is 70.6 cm³/mol. The fourth-order valence-electron chi connectivity index (χ4n) is 1.57. The molecular formula is C15H21O3. The largest absolute Gasteiger partial charge is 0.373 e. The quantitative estimate of drug-likeness (QED) is 0.391. The maximum absolute atomic E-state index is 11.6. The van der Waals surface area contributed by atoms with Crippen LogP contribution in [-0.2, 0) is 9.78 Å². The molecule has 0 aliphatic heterocycles. The van der Waals surface area contributed by atoms with Gasteiger partial charge in [-0.05, 0) is 25.5 Å². The first-order chi connectivity index (χ1) is 8.74. The lowest BCUT2D eigenvalue weighted by Crippen LogP contribution is -2.08. The summed E-state index contributed by atoms with van der Waals surface area (Å²) >= 11 is 0. The van der Waals surface area contributed by atoms with Gasteiger partial charge in [-0.1, -0.05) is 50.8 Å². The van der Waals surface area contributed by atoms with E-state index in [2.05, 4.69) is 6.92 Å². The molecule has 0 N–H and O–H groups in total. The van der Waals surface area contributed by atoms with Crippen LogP contribution in [0.25, 0.3) is 0 Å². The summed E-state index contributed by atoms with van der Waals surface area (Å²) in [6, 6.07) is 8.82. The van der Waals surface area contributed by atoms with Gasteiger partial charge >= 0.3 is 5.97 Å². The van der Waals surface area contributed by atoms with Crippen LogP contribution in [-0.4, -0.2) is 5.97 Å². The van der Waals surface area contributed by atoms with Crippen LogP contribution >= 0.6 is 0 Å². The fourth-order valence-corrected chi connectivity index (χ4v) is 1.57. The number of hydrogen-bond donors (Lipinski definition) is 0. The monoisotopic (exact) mass is 249 g/mol. The molecule has 0 amide bonds. The molecule has 1 rings (SSSR count). The molecule has 0 aromatic heterocycles. The lowest BCUT2D eigenvalue weighted by molar-refractivity contribution is -0.233. The highest BCUT2D eigenvalue weighted by molar-refractivity contribution is 5.88. The summed E-state index contributed by atoms with van der Waals surface area (Å²) in [5, 5.41) is 0. The Morgan fingerprint density at radius 2 is 1.78 bits per heavy atom. The minimum absolute atomic E-state index is 0.455. The number of unbranched alkanes of at least 4 members (excludes halogenated alkanes) is 3. The number of carbonyl (C=O) groups excluding carboxylic acids is 1. The second-order valence-corrected chi connectivity index (χ2v) is 4.33. The van der Waals surface area contributed by atoms with Crippen molar-refractivity contribution in [2.24, 2.45) is 0 Å². The molecule has 0 unspecified atom stereocenters. The van der Waals surface area contributed by atoms with E-state index in [1.54, 1.807) is 24.3 Å². The molecule has 1 radical (unpaired) electrons. The molecule has 0 aliphatic rings. The van der Waals surface area contributed by atoms with Gasteiger partial charge in [0.25, 0.3) is 0 Å². The van der Waals surface area contributed by atoms with Crippen LogP contribution < -0.4 is 0 Å². The number of benzene rings is 1. The van der Waals surface area contributed by atoms with E-state index in [0.29, 0.717) is 5.56 Å². The van der Waals surface area contributed by atoms with Crippen molar-refractivity contribution in [3.05, 3.63) is 42.0 Å². The highest BCUT2D eigenvalue weighted by atomic mass is 17.2. The smallest absolute Gasteiger partial charge is 0.292 e. The van der Waals surface area contributed by atoms with Gasteiger partial charge < -0.3 is 0 Å². The Morgan fingerprint density at radius 1 is 1.06 bits per heavy atom. The summed E-state index contributed by atoms with van der Waals surface area (Å²) in [4.78, 5) is 21.3. The van der Waals surface area contributed by atoms with Crippen molar-refractivity contribution in [1.29, 1.82) is 0 Å². The molecule has 0 bridgehead atoms. The fraction of sp³-hybridized carbons (Fsp3) is 0.467. The van der Waals surface area contributed by atoms with Crippen LogP contribution in [0.3, 0.4) is 0 Å². The first-order valence-corrected chi connectivity index (χ1v) is 6.50. The van der Waals surface area contributed by atoms with Crippen LogP contribution in [0.15, 0.2) is 30.3 Å². The van der Waals surface area contributed by atoms with Gasteiger partial charge in [0.1, 0.15) is 6.10 Å². The zero-order valence-electron chi connectivity index (χ0n) is 11.1. The van der Waals surface area contributed by atoms with Crippen molar-refractivity contribution < 1.29 is 14.6 Å². The summed E-state index contributed by atoms with van der Waals surface area (Å²) in [5.74, 6) is -0.455. The highest BCUT2D eigenvalue weighted by Gasteiger charge is 2.11.